The number of aliphatic imine (C=N–C) groups is 1. The topological polar surface area (TPSA) is 33.4 Å². The van der Waals surface area contributed by atoms with Crippen molar-refractivity contribution in [3.63, 3.8) is 0 Å². The molecule has 3 aromatic rings. The minimum Gasteiger partial charge on any atom is -0.338 e. The van der Waals surface area contributed by atoms with Crippen LogP contribution in [0.25, 0.3) is 5.69 Å². The molecular weight excluding hydrogens is 395 g/mol. The smallest absolute Gasteiger partial charge is 0.160 e. The molecule has 3 atom stereocenters. The van der Waals surface area contributed by atoms with Crippen molar-refractivity contribution in [2.75, 3.05) is 5.75 Å². The summed E-state index contributed by atoms with van der Waals surface area (Å²) in [6.07, 6.45) is 2.93. The van der Waals surface area contributed by atoms with Gasteiger partial charge in [0.1, 0.15) is 11.9 Å². The lowest BCUT2D eigenvalue weighted by atomic mass is 9.95. The maximum atomic E-state index is 13.9. The fourth-order valence-electron chi connectivity index (χ4n) is 4.79. The minimum absolute atomic E-state index is 0.0375. The van der Waals surface area contributed by atoms with Crippen molar-refractivity contribution in [3.8, 4) is 5.69 Å². The van der Waals surface area contributed by atoms with Crippen LogP contribution in [-0.2, 0) is 0 Å². The second kappa shape index (κ2) is 7.58. The van der Waals surface area contributed by atoms with Crippen LogP contribution in [0.5, 0.6) is 0 Å². The van der Waals surface area contributed by atoms with E-state index in [0.29, 0.717) is 6.04 Å². The Morgan fingerprint density at radius 3 is 2.73 bits per heavy atom. The predicted molar refractivity (Wildman–Crippen MR) is 121 cm³/mol. The number of hydrogen-bond donors (Lipinski definition) is 0. The summed E-state index contributed by atoms with van der Waals surface area (Å²) in [6.45, 7) is 6.46. The van der Waals surface area contributed by atoms with Crippen LogP contribution in [0.15, 0.2) is 59.7 Å². The number of fused-ring (bicyclic) bond motifs is 1. The number of amidine groups is 1. The zero-order valence-corrected chi connectivity index (χ0v) is 18.2. The molecule has 0 radical (unpaired) electrons. The zero-order valence-electron chi connectivity index (χ0n) is 17.4. The van der Waals surface area contributed by atoms with Gasteiger partial charge in [-0.3, -0.25) is 9.98 Å². The van der Waals surface area contributed by atoms with E-state index in [1.54, 1.807) is 12.1 Å². The fraction of sp³-hybridized carbons (Fsp3) is 0.333. The van der Waals surface area contributed by atoms with E-state index >= 15 is 0 Å². The second-order valence-corrected chi connectivity index (χ2v) is 8.97. The summed E-state index contributed by atoms with van der Waals surface area (Å²) < 4.78 is 16.1. The highest BCUT2D eigenvalue weighted by Crippen LogP contribution is 2.49. The Hall–Kier alpha value is -2.60. The molecular formula is C24H25FN4S. The lowest BCUT2D eigenvalue weighted by Crippen LogP contribution is -2.35. The Labute approximate surface area is 180 Å². The van der Waals surface area contributed by atoms with Crippen LogP contribution in [0, 0.1) is 19.7 Å². The summed E-state index contributed by atoms with van der Waals surface area (Å²) in [6, 6.07) is 15.6. The molecule has 1 fully saturated rings. The minimum atomic E-state index is -0.221. The molecule has 0 saturated carbocycles. The molecule has 1 aromatic carbocycles. The van der Waals surface area contributed by atoms with E-state index in [9.17, 15) is 4.39 Å². The predicted octanol–water partition coefficient (Wildman–Crippen LogP) is 5.61. The average Bonchev–Trinajstić information content (AvgIpc) is 3.40. The number of aromatic nitrogens is 2. The third kappa shape index (κ3) is 3.05. The maximum Gasteiger partial charge on any atom is 0.160 e. The van der Waals surface area contributed by atoms with Crippen molar-refractivity contribution in [3.05, 3.63) is 83.2 Å². The van der Waals surface area contributed by atoms with Gasteiger partial charge in [0.15, 0.2) is 5.17 Å². The third-order valence-electron chi connectivity index (χ3n) is 6.18. The molecule has 1 saturated heterocycles. The number of thioether (sulfide) groups is 1. The summed E-state index contributed by atoms with van der Waals surface area (Å²) in [4.78, 5) is 12.3. The number of benzene rings is 1. The maximum absolute atomic E-state index is 13.9. The highest BCUT2D eigenvalue weighted by atomic mass is 32.2. The van der Waals surface area contributed by atoms with Gasteiger partial charge in [0.2, 0.25) is 0 Å². The highest BCUT2D eigenvalue weighted by Gasteiger charge is 2.46. The first-order chi connectivity index (χ1) is 14.6. The molecule has 2 aromatic heterocycles. The number of hydrogen-bond acceptors (Lipinski definition) is 4. The van der Waals surface area contributed by atoms with Crippen LogP contribution in [0.3, 0.4) is 0 Å². The average molecular weight is 421 g/mol. The van der Waals surface area contributed by atoms with Gasteiger partial charge in [0.05, 0.1) is 11.7 Å². The van der Waals surface area contributed by atoms with Crippen molar-refractivity contribution in [1.82, 2.24) is 14.5 Å². The molecule has 2 aliphatic rings. The van der Waals surface area contributed by atoms with Gasteiger partial charge in [-0.2, -0.15) is 0 Å². The molecule has 0 aliphatic carbocycles. The Morgan fingerprint density at radius 2 is 2.00 bits per heavy atom. The molecule has 154 valence electrons. The number of aryl methyl sites for hydroxylation is 1. The van der Waals surface area contributed by atoms with Crippen LogP contribution in [0.1, 0.15) is 48.1 Å². The van der Waals surface area contributed by atoms with Gasteiger partial charge >= 0.3 is 0 Å². The van der Waals surface area contributed by atoms with Gasteiger partial charge in [0.25, 0.3) is 0 Å². The summed E-state index contributed by atoms with van der Waals surface area (Å²) in [5.74, 6) is 0.852. The van der Waals surface area contributed by atoms with Gasteiger partial charge in [0, 0.05) is 35.1 Å². The lowest BCUT2D eigenvalue weighted by Gasteiger charge is -2.32. The lowest BCUT2D eigenvalue weighted by molar-refractivity contribution is 0.254. The van der Waals surface area contributed by atoms with Gasteiger partial charge < -0.3 is 9.47 Å². The number of rotatable bonds is 4. The number of nitrogens with zero attached hydrogens (tertiary/aromatic N) is 4. The van der Waals surface area contributed by atoms with Crippen LogP contribution >= 0.6 is 11.8 Å². The largest absolute Gasteiger partial charge is 0.338 e. The van der Waals surface area contributed by atoms with E-state index in [-0.39, 0.29) is 17.9 Å². The SMILES string of the molecule is CC[C@@H]1CSC2=N[C@H](c3ccccn3)[C@@H](c3cc(C)n(-c4cccc(F)c4)c3C)N21. The third-order valence-corrected chi connectivity index (χ3v) is 7.31. The fourth-order valence-corrected chi connectivity index (χ4v) is 6.12. The van der Waals surface area contributed by atoms with E-state index in [0.717, 1.165) is 40.1 Å². The molecule has 0 unspecified atom stereocenters. The normalized spacial score (nSPS) is 23.0. The zero-order chi connectivity index (χ0) is 20.8. The summed E-state index contributed by atoms with van der Waals surface area (Å²) in [5.41, 5.74) is 5.32. The molecule has 4 nitrogen and oxygen atoms in total. The number of halogens is 1. The van der Waals surface area contributed by atoms with Crippen LogP contribution < -0.4 is 0 Å². The molecule has 0 N–H and O–H groups in total. The summed E-state index contributed by atoms with van der Waals surface area (Å²) in [5, 5.41) is 1.12. The second-order valence-electron chi connectivity index (χ2n) is 7.98. The van der Waals surface area contributed by atoms with E-state index in [1.165, 1.54) is 11.6 Å². The van der Waals surface area contributed by atoms with Crippen molar-refractivity contribution < 1.29 is 4.39 Å². The monoisotopic (exact) mass is 420 g/mol. The van der Waals surface area contributed by atoms with Crippen molar-refractivity contribution in [2.45, 2.75) is 45.3 Å². The first kappa shape index (κ1) is 19.4. The van der Waals surface area contributed by atoms with Crippen molar-refractivity contribution in [1.29, 1.82) is 0 Å². The Bertz CT molecular complexity index is 1110. The van der Waals surface area contributed by atoms with Gasteiger partial charge in [-0.05, 0) is 62.2 Å². The van der Waals surface area contributed by atoms with Gasteiger partial charge in [-0.1, -0.05) is 30.8 Å². The van der Waals surface area contributed by atoms with Gasteiger partial charge in [-0.25, -0.2) is 4.39 Å². The Kier molecular flexibility index (Phi) is 4.89. The van der Waals surface area contributed by atoms with E-state index in [2.05, 4.69) is 47.4 Å². The first-order valence-corrected chi connectivity index (χ1v) is 11.4. The van der Waals surface area contributed by atoms with Crippen molar-refractivity contribution >= 4 is 16.9 Å². The molecule has 0 bridgehead atoms. The quantitative estimate of drug-likeness (QED) is 0.550. The van der Waals surface area contributed by atoms with E-state index < -0.39 is 0 Å². The standard InChI is InChI=1S/C24H25FN4S/c1-4-18-14-30-24-27-22(21-10-5-6-11-26-21)23(29(18)24)20-12-15(2)28(16(20)3)19-9-7-8-17(25)13-19/h5-13,18,22-23H,4,14H2,1-3H3/t18-,22-,23-/m1/s1. The summed E-state index contributed by atoms with van der Waals surface area (Å²) in [7, 11) is 0. The van der Waals surface area contributed by atoms with Crippen molar-refractivity contribution in [2.24, 2.45) is 4.99 Å². The molecule has 30 heavy (non-hydrogen) atoms. The van der Waals surface area contributed by atoms with Crippen LogP contribution in [0.4, 0.5) is 4.39 Å². The van der Waals surface area contributed by atoms with Crippen LogP contribution in [0.2, 0.25) is 0 Å². The molecule has 2 aliphatic heterocycles. The Morgan fingerprint density at radius 1 is 1.13 bits per heavy atom. The molecule has 4 heterocycles. The summed E-state index contributed by atoms with van der Waals surface area (Å²) >= 11 is 1.85. The molecule has 0 amide bonds. The van der Waals surface area contributed by atoms with Crippen LogP contribution in [-0.4, -0.2) is 31.4 Å². The first-order valence-electron chi connectivity index (χ1n) is 10.4. The Balaban J connectivity index is 1.64. The van der Waals surface area contributed by atoms with E-state index in [4.69, 9.17) is 4.99 Å². The van der Waals surface area contributed by atoms with E-state index in [1.807, 2.05) is 36.2 Å². The molecule has 5 rings (SSSR count). The number of pyridine rings is 1. The molecule has 0 spiro atoms. The highest BCUT2D eigenvalue weighted by molar-refractivity contribution is 8.14. The molecule has 6 heteroatoms. The van der Waals surface area contributed by atoms with Gasteiger partial charge in [-0.15, -0.1) is 0 Å².